The molecular weight excluding hydrogens is 449 g/mol. The molecule has 182 valence electrons. The van der Waals surface area contributed by atoms with Gasteiger partial charge in [-0.3, -0.25) is 14.3 Å². The van der Waals surface area contributed by atoms with Crippen LogP contribution in [0.5, 0.6) is 0 Å². The highest BCUT2D eigenvalue weighted by atomic mass is 19.1. The molecule has 5 rings (SSSR count). The largest absolute Gasteiger partial charge is 0.395 e. The lowest BCUT2D eigenvalue weighted by Gasteiger charge is -2.25. The third kappa shape index (κ3) is 4.43. The molecule has 1 saturated carbocycles. The van der Waals surface area contributed by atoms with Gasteiger partial charge in [0, 0.05) is 43.3 Å². The van der Waals surface area contributed by atoms with E-state index in [0.717, 1.165) is 18.4 Å². The Morgan fingerprint density at radius 2 is 2.03 bits per heavy atom. The van der Waals surface area contributed by atoms with E-state index in [0.29, 0.717) is 35.5 Å². The number of aryl methyl sites for hydroxylation is 2. The van der Waals surface area contributed by atoms with Crippen LogP contribution in [-0.2, 0) is 18.4 Å². The summed E-state index contributed by atoms with van der Waals surface area (Å²) in [6, 6.07) is 8.00. The van der Waals surface area contributed by atoms with E-state index in [2.05, 4.69) is 15.4 Å². The van der Waals surface area contributed by atoms with Crippen LogP contribution in [-0.4, -0.2) is 44.8 Å². The van der Waals surface area contributed by atoms with Gasteiger partial charge >= 0.3 is 0 Å². The van der Waals surface area contributed by atoms with Crippen molar-refractivity contribution in [3.63, 3.8) is 0 Å². The number of carbonyl (C=O) groups is 2. The molecule has 1 saturated heterocycles. The third-order valence-electron chi connectivity index (χ3n) is 7.02. The predicted molar refractivity (Wildman–Crippen MR) is 128 cm³/mol. The van der Waals surface area contributed by atoms with Crippen LogP contribution in [0.1, 0.15) is 41.0 Å². The zero-order valence-corrected chi connectivity index (χ0v) is 19.8. The normalized spacial score (nSPS) is 19.9. The van der Waals surface area contributed by atoms with E-state index < -0.39 is 17.1 Å². The molecule has 2 aliphatic rings. The van der Waals surface area contributed by atoms with E-state index in [9.17, 15) is 19.1 Å². The van der Waals surface area contributed by atoms with E-state index in [1.807, 2.05) is 6.07 Å². The number of pyridine rings is 1. The first-order valence-electron chi connectivity index (χ1n) is 11.8. The van der Waals surface area contributed by atoms with Crippen LogP contribution in [0, 0.1) is 24.1 Å². The lowest BCUT2D eigenvalue weighted by molar-refractivity contribution is -0.128. The van der Waals surface area contributed by atoms with Crippen LogP contribution in [0.15, 0.2) is 42.7 Å². The maximum atomic E-state index is 14.2. The summed E-state index contributed by atoms with van der Waals surface area (Å²) in [5, 5.41) is 16.9. The number of amides is 2. The molecule has 1 aromatic carbocycles. The minimum absolute atomic E-state index is 0.0813. The van der Waals surface area contributed by atoms with Crippen molar-refractivity contribution >= 4 is 17.5 Å². The zero-order chi connectivity index (χ0) is 24.7. The fourth-order valence-corrected chi connectivity index (χ4v) is 5.01. The molecule has 2 N–H and O–H groups in total. The highest BCUT2D eigenvalue weighted by Crippen LogP contribution is 2.52. The molecule has 0 bridgehead atoms. The smallest absolute Gasteiger partial charge is 0.270 e. The van der Waals surface area contributed by atoms with Crippen molar-refractivity contribution in [3.8, 4) is 11.1 Å². The molecule has 3 aromatic rings. The zero-order valence-electron chi connectivity index (χ0n) is 19.8. The van der Waals surface area contributed by atoms with Crippen molar-refractivity contribution in [2.45, 2.75) is 32.7 Å². The molecule has 0 radical (unpaired) electrons. The van der Waals surface area contributed by atoms with Crippen molar-refractivity contribution in [3.05, 3.63) is 65.5 Å². The monoisotopic (exact) mass is 477 g/mol. The first-order valence-corrected chi connectivity index (χ1v) is 11.8. The molecule has 1 atom stereocenters. The second-order valence-corrected chi connectivity index (χ2v) is 9.58. The number of nitrogens with one attached hydrogen (secondary N) is 1. The van der Waals surface area contributed by atoms with Gasteiger partial charge in [-0.15, -0.1) is 0 Å². The number of hydrogen-bond donors (Lipinski definition) is 2. The first-order chi connectivity index (χ1) is 16.8. The van der Waals surface area contributed by atoms with Crippen LogP contribution < -0.4 is 10.2 Å². The molecule has 1 unspecified atom stereocenters. The third-order valence-corrected chi connectivity index (χ3v) is 7.02. The highest BCUT2D eigenvalue weighted by Gasteiger charge is 2.55. The molecule has 35 heavy (non-hydrogen) atoms. The Morgan fingerprint density at radius 3 is 2.71 bits per heavy atom. The molecule has 2 aromatic heterocycles. The molecule has 9 heteroatoms. The van der Waals surface area contributed by atoms with Crippen LogP contribution in [0.4, 0.5) is 10.1 Å². The summed E-state index contributed by atoms with van der Waals surface area (Å²) in [6.45, 7) is 2.24. The summed E-state index contributed by atoms with van der Waals surface area (Å²) in [4.78, 5) is 32.2. The Labute approximate surface area is 202 Å². The molecule has 0 spiro atoms. The number of benzene rings is 1. The summed E-state index contributed by atoms with van der Waals surface area (Å²) < 4.78 is 15.9. The molecule has 1 aliphatic carbocycles. The maximum absolute atomic E-state index is 14.2. The van der Waals surface area contributed by atoms with Gasteiger partial charge in [0.1, 0.15) is 11.5 Å². The summed E-state index contributed by atoms with van der Waals surface area (Å²) in [6.07, 6.45) is 5.99. The van der Waals surface area contributed by atoms with Crippen LogP contribution in [0.2, 0.25) is 0 Å². The Bertz CT molecular complexity index is 1300. The standard InChI is InChI=1S/C26H28FN5O3/c1-16-7-22(32-6-5-26(15-33,25(32)35)20-3-4-20)11-23(30-16)24(34)28-12-17-8-18(10-21(27)9-17)19-13-29-31(2)14-19/h7-11,13-14,20,33H,3-6,12,15H2,1-2H3,(H,28,34). The van der Waals surface area contributed by atoms with Crippen molar-refractivity contribution < 1.29 is 19.1 Å². The molecule has 8 nitrogen and oxygen atoms in total. The molecule has 2 fully saturated rings. The van der Waals surface area contributed by atoms with Gasteiger partial charge in [-0.2, -0.15) is 5.10 Å². The van der Waals surface area contributed by atoms with Gasteiger partial charge in [-0.1, -0.05) is 0 Å². The Hall–Kier alpha value is -3.59. The number of nitrogens with zero attached hydrogens (tertiary/aromatic N) is 4. The van der Waals surface area contributed by atoms with Gasteiger partial charge < -0.3 is 15.3 Å². The predicted octanol–water partition coefficient (Wildman–Crippen LogP) is 2.99. The first kappa shape index (κ1) is 23.2. The summed E-state index contributed by atoms with van der Waals surface area (Å²) in [7, 11) is 1.79. The van der Waals surface area contributed by atoms with Crippen molar-refractivity contribution in [1.82, 2.24) is 20.1 Å². The number of aliphatic hydroxyl groups is 1. The van der Waals surface area contributed by atoms with E-state index in [-0.39, 0.29) is 30.7 Å². The van der Waals surface area contributed by atoms with Crippen molar-refractivity contribution in [2.24, 2.45) is 18.4 Å². The second kappa shape index (κ2) is 8.88. The van der Waals surface area contributed by atoms with Gasteiger partial charge in [0.05, 0.1) is 18.2 Å². The van der Waals surface area contributed by atoms with Crippen molar-refractivity contribution in [1.29, 1.82) is 0 Å². The maximum Gasteiger partial charge on any atom is 0.270 e. The van der Waals surface area contributed by atoms with E-state index in [4.69, 9.17) is 0 Å². The van der Waals surface area contributed by atoms with Gasteiger partial charge in [0.25, 0.3) is 5.91 Å². The van der Waals surface area contributed by atoms with E-state index in [1.54, 1.807) is 48.1 Å². The summed E-state index contributed by atoms with van der Waals surface area (Å²) in [5.74, 6) is -0.660. The number of hydrogen-bond acceptors (Lipinski definition) is 5. The van der Waals surface area contributed by atoms with Gasteiger partial charge in [-0.25, -0.2) is 9.37 Å². The number of rotatable bonds is 7. The fourth-order valence-electron chi connectivity index (χ4n) is 5.01. The lowest BCUT2D eigenvalue weighted by Crippen LogP contribution is -2.39. The van der Waals surface area contributed by atoms with Gasteiger partial charge in [0.2, 0.25) is 5.91 Å². The van der Waals surface area contributed by atoms with Crippen LogP contribution >= 0.6 is 0 Å². The Balaban J connectivity index is 1.32. The molecule has 2 amide bonds. The van der Waals surface area contributed by atoms with Crippen LogP contribution in [0.3, 0.4) is 0 Å². The minimum Gasteiger partial charge on any atom is -0.395 e. The summed E-state index contributed by atoms with van der Waals surface area (Å²) >= 11 is 0. The highest BCUT2D eigenvalue weighted by molar-refractivity contribution is 6.01. The number of aromatic nitrogens is 3. The SMILES string of the molecule is Cc1cc(N2CCC(CO)(C3CC3)C2=O)cc(C(=O)NCc2cc(F)cc(-c3cnn(C)c3)c2)n1. The summed E-state index contributed by atoms with van der Waals surface area (Å²) in [5.41, 5.74) is 2.76. The molecule has 3 heterocycles. The van der Waals surface area contributed by atoms with Crippen molar-refractivity contribution in [2.75, 3.05) is 18.1 Å². The lowest BCUT2D eigenvalue weighted by atomic mass is 9.82. The topological polar surface area (TPSA) is 100 Å². The number of aliphatic hydroxyl groups excluding tert-OH is 1. The average Bonchev–Trinajstić information content (AvgIpc) is 3.50. The molecule has 1 aliphatic heterocycles. The van der Waals surface area contributed by atoms with Crippen LogP contribution in [0.25, 0.3) is 11.1 Å². The Kier molecular flexibility index (Phi) is 5.88. The quantitative estimate of drug-likeness (QED) is 0.545. The Morgan fingerprint density at radius 1 is 1.23 bits per heavy atom. The average molecular weight is 478 g/mol. The number of anilines is 1. The number of carbonyl (C=O) groups excluding carboxylic acids is 2. The second-order valence-electron chi connectivity index (χ2n) is 9.58. The van der Waals surface area contributed by atoms with E-state index in [1.165, 1.54) is 12.1 Å². The fraction of sp³-hybridized carbons (Fsp3) is 0.385. The number of halogens is 1. The van der Waals surface area contributed by atoms with Gasteiger partial charge in [0.15, 0.2) is 0 Å². The van der Waals surface area contributed by atoms with E-state index >= 15 is 0 Å². The molecular formula is C26H28FN5O3. The minimum atomic E-state index is -0.705. The van der Waals surface area contributed by atoms with Gasteiger partial charge in [-0.05, 0) is 73.6 Å².